The van der Waals surface area contributed by atoms with Crippen LogP contribution in [0, 0.1) is 0 Å². The van der Waals surface area contributed by atoms with E-state index in [2.05, 4.69) is 15.9 Å². The van der Waals surface area contributed by atoms with Crippen LogP contribution in [0.25, 0.3) is 0 Å². The highest BCUT2D eigenvalue weighted by molar-refractivity contribution is 9.10. The molecular weight excluding hydrogens is 332 g/mol. The van der Waals surface area contributed by atoms with E-state index in [4.69, 9.17) is 9.47 Å². The summed E-state index contributed by atoms with van der Waals surface area (Å²) in [4.78, 5) is 0. The van der Waals surface area contributed by atoms with Crippen LogP contribution in [0.4, 0.5) is 0 Å². The summed E-state index contributed by atoms with van der Waals surface area (Å²) in [6, 6.07) is 5.74. The lowest BCUT2D eigenvalue weighted by Gasteiger charge is -2.24. The van der Waals surface area contributed by atoms with E-state index < -0.39 is 6.10 Å². The first kappa shape index (κ1) is 15.3. The molecule has 2 atom stereocenters. The van der Waals surface area contributed by atoms with E-state index in [-0.39, 0.29) is 11.7 Å². The molecule has 1 aromatic carbocycles. The second-order valence-electron chi connectivity index (χ2n) is 6.34. The Balaban J connectivity index is 1.62. The summed E-state index contributed by atoms with van der Waals surface area (Å²) in [5, 5.41) is 9.83. The topological polar surface area (TPSA) is 38.7 Å². The second-order valence-corrected chi connectivity index (χ2v) is 7.25. The normalized spacial score (nSPS) is 25.4. The third-order valence-corrected chi connectivity index (χ3v) is 5.20. The lowest BCUT2D eigenvalue weighted by atomic mass is 9.98. The van der Waals surface area contributed by atoms with E-state index >= 15 is 0 Å². The monoisotopic (exact) mass is 354 g/mol. The molecule has 1 saturated heterocycles. The Morgan fingerprint density at radius 2 is 2.14 bits per heavy atom. The van der Waals surface area contributed by atoms with Crippen LogP contribution in [0.2, 0.25) is 0 Å². The van der Waals surface area contributed by atoms with Gasteiger partial charge in [-0.25, -0.2) is 0 Å². The molecule has 1 heterocycles. The average Bonchev–Trinajstić information content (AvgIpc) is 3.07. The third-order valence-electron chi connectivity index (χ3n) is 4.70. The molecule has 0 bridgehead atoms. The molecule has 1 unspecified atom stereocenters. The highest BCUT2D eigenvalue weighted by Gasteiger charge is 2.42. The molecule has 2 fully saturated rings. The average molecular weight is 355 g/mol. The Hall–Kier alpha value is -0.580. The van der Waals surface area contributed by atoms with Crippen molar-refractivity contribution in [1.82, 2.24) is 0 Å². The second kappa shape index (κ2) is 6.27. The van der Waals surface area contributed by atoms with Gasteiger partial charge in [-0.1, -0.05) is 34.8 Å². The van der Waals surface area contributed by atoms with Crippen LogP contribution in [0.5, 0.6) is 5.75 Å². The number of halogens is 1. The maximum atomic E-state index is 9.83. The van der Waals surface area contributed by atoms with Gasteiger partial charge in [-0.05, 0) is 44.7 Å². The van der Waals surface area contributed by atoms with Gasteiger partial charge in [0.2, 0.25) is 0 Å². The quantitative estimate of drug-likeness (QED) is 0.872. The standard InChI is InChI=1S/C17H23BrO3/c1-12(19)15-5-4-13(18)10-16(15)20-11-14-6-9-17(21-14)7-2-3-8-17/h4-5,10,12,14,19H,2-3,6-9,11H2,1H3/t12-,14?/m0/s1. The molecule has 1 spiro atoms. The van der Waals surface area contributed by atoms with Crippen molar-refractivity contribution < 1.29 is 14.6 Å². The predicted octanol–water partition coefficient (Wildman–Crippen LogP) is 4.37. The van der Waals surface area contributed by atoms with Crippen LogP contribution in [0.15, 0.2) is 22.7 Å². The smallest absolute Gasteiger partial charge is 0.126 e. The summed E-state index contributed by atoms with van der Waals surface area (Å²) in [5.41, 5.74) is 0.977. The molecule has 0 radical (unpaired) electrons. The maximum Gasteiger partial charge on any atom is 0.126 e. The first-order valence-electron chi connectivity index (χ1n) is 7.86. The van der Waals surface area contributed by atoms with Crippen LogP contribution in [-0.4, -0.2) is 23.4 Å². The molecule has 1 aliphatic heterocycles. The van der Waals surface area contributed by atoms with Crippen molar-refractivity contribution in [1.29, 1.82) is 0 Å². The van der Waals surface area contributed by atoms with Crippen LogP contribution in [-0.2, 0) is 4.74 Å². The largest absolute Gasteiger partial charge is 0.490 e. The molecular formula is C17H23BrO3. The Morgan fingerprint density at radius 3 is 2.86 bits per heavy atom. The number of aliphatic hydroxyl groups is 1. The van der Waals surface area contributed by atoms with Gasteiger partial charge in [0.05, 0.1) is 17.8 Å². The number of hydrogen-bond donors (Lipinski definition) is 1. The number of benzene rings is 1. The molecule has 0 aromatic heterocycles. The Bertz CT molecular complexity index is 495. The first-order valence-corrected chi connectivity index (χ1v) is 8.65. The zero-order chi connectivity index (χ0) is 14.9. The van der Waals surface area contributed by atoms with Crippen molar-refractivity contribution in [3.63, 3.8) is 0 Å². The fourth-order valence-electron chi connectivity index (χ4n) is 3.56. The fraction of sp³-hybridized carbons (Fsp3) is 0.647. The van der Waals surface area contributed by atoms with Gasteiger partial charge in [-0.15, -0.1) is 0 Å². The minimum absolute atomic E-state index is 0.151. The molecule has 4 heteroatoms. The van der Waals surface area contributed by atoms with E-state index in [0.717, 1.165) is 22.2 Å². The number of hydrogen-bond acceptors (Lipinski definition) is 3. The van der Waals surface area contributed by atoms with E-state index in [1.807, 2.05) is 18.2 Å². The summed E-state index contributed by atoms with van der Waals surface area (Å²) >= 11 is 3.45. The van der Waals surface area contributed by atoms with Crippen molar-refractivity contribution in [3.8, 4) is 5.75 Å². The van der Waals surface area contributed by atoms with Crippen LogP contribution < -0.4 is 4.74 Å². The molecule has 0 amide bonds. The van der Waals surface area contributed by atoms with E-state index in [9.17, 15) is 5.11 Å². The highest BCUT2D eigenvalue weighted by Crippen LogP contribution is 2.43. The summed E-state index contributed by atoms with van der Waals surface area (Å²) in [7, 11) is 0. The molecule has 2 aliphatic rings. The lowest BCUT2D eigenvalue weighted by Crippen LogP contribution is -2.27. The molecule has 116 valence electrons. The molecule has 3 nitrogen and oxygen atoms in total. The maximum absolute atomic E-state index is 9.83. The van der Waals surface area contributed by atoms with Gasteiger partial charge in [-0.3, -0.25) is 0 Å². The number of ether oxygens (including phenoxy) is 2. The van der Waals surface area contributed by atoms with E-state index in [1.165, 1.54) is 32.1 Å². The molecule has 3 rings (SSSR count). The molecule has 1 N–H and O–H groups in total. The van der Waals surface area contributed by atoms with Gasteiger partial charge < -0.3 is 14.6 Å². The van der Waals surface area contributed by atoms with Crippen molar-refractivity contribution >= 4 is 15.9 Å². The van der Waals surface area contributed by atoms with Gasteiger partial charge in [0, 0.05) is 10.0 Å². The van der Waals surface area contributed by atoms with Crippen molar-refractivity contribution in [3.05, 3.63) is 28.2 Å². The summed E-state index contributed by atoms with van der Waals surface area (Å²) in [6.07, 6.45) is 6.92. The van der Waals surface area contributed by atoms with Crippen molar-refractivity contribution in [2.45, 2.75) is 63.3 Å². The molecule has 1 saturated carbocycles. The summed E-state index contributed by atoms with van der Waals surface area (Å²) < 4.78 is 13.2. The molecule has 21 heavy (non-hydrogen) atoms. The minimum atomic E-state index is -0.529. The third kappa shape index (κ3) is 3.43. The van der Waals surface area contributed by atoms with Gasteiger partial charge >= 0.3 is 0 Å². The van der Waals surface area contributed by atoms with Crippen molar-refractivity contribution in [2.75, 3.05) is 6.61 Å². The summed E-state index contributed by atoms with van der Waals surface area (Å²) in [6.45, 7) is 2.33. The van der Waals surface area contributed by atoms with Crippen LogP contribution in [0.1, 0.15) is 57.1 Å². The van der Waals surface area contributed by atoms with Gasteiger partial charge in [-0.2, -0.15) is 0 Å². The molecule has 1 aliphatic carbocycles. The van der Waals surface area contributed by atoms with E-state index in [0.29, 0.717) is 6.61 Å². The van der Waals surface area contributed by atoms with Gasteiger partial charge in [0.25, 0.3) is 0 Å². The zero-order valence-electron chi connectivity index (χ0n) is 12.5. The zero-order valence-corrected chi connectivity index (χ0v) is 14.1. The number of rotatable bonds is 4. The Kier molecular flexibility index (Phi) is 4.57. The number of aliphatic hydroxyl groups excluding tert-OH is 1. The fourth-order valence-corrected chi connectivity index (χ4v) is 3.90. The van der Waals surface area contributed by atoms with Crippen LogP contribution in [0.3, 0.4) is 0 Å². The lowest BCUT2D eigenvalue weighted by molar-refractivity contribution is -0.0511. The van der Waals surface area contributed by atoms with Gasteiger partial charge in [0.15, 0.2) is 0 Å². The molecule has 1 aromatic rings. The predicted molar refractivity (Wildman–Crippen MR) is 85.6 cm³/mol. The Labute approximate surface area is 134 Å². The highest BCUT2D eigenvalue weighted by atomic mass is 79.9. The summed E-state index contributed by atoms with van der Waals surface area (Å²) in [5.74, 6) is 0.746. The minimum Gasteiger partial charge on any atom is -0.490 e. The first-order chi connectivity index (χ1) is 10.1. The van der Waals surface area contributed by atoms with Gasteiger partial charge in [0.1, 0.15) is 12.4 Å². The Morgan fingerprint density at radius 1 is 1.38 bits per heavy atom. The van der Waals surface area contributed by atoms with E-state index in [1.54, 1.807) is 6.92 Å². The van der Waals surface area contributed by atoms with Crippen molar-refractivity contribution in [2.24, 2.45) is 0 Å². The SMILES string of the molecule is C[C@H](O)c1ccc(Br)cc1OCC1CCC2(CCCC2)O1. The van der Waals surface area contributed by atoms with Crippen LogP contribution >= 0.6 is 15.9 Å².